The lowest BCUT2D eigenvalue weighted by Crippen LogP contribution is -2.27. The van der Waals surface area contributed by atoms with Crippen LogP contribution < -0.4 is 4.72 Å². The second kappa shape index (κ2) is 5.55. The van der Waals surface area contributed by atoms with E-state index in [-0.39, 0.29) is 10.9 Å². The van der Waals surface area contributed by atoms with E-state index in [4.69, 9.17) is 0 Å². The summed E-state index contributed by atoms with van der Waals surface area (Å²) in [5.74, 6) is 0. The van der Waals surface area contributed by atoms with Crippen molar-refractivity contribution in [1.82, 2.24) is 4.72 Å². The number of nitrogens with one attached hydrogen (secondary N) is 1. The van der Waals surface area contributed by atoms with Gasteiger partial charge in [0, 0.05) is 6.04 Å². The van der Waals surface area contributed by atoms with Gasteiger partial charge in [-0.25, -0.2) is 13.1 Å². The van der Waals surface area contributed by atoms with Gasteiger partial charge in [0.25, 0.3) is 0 Å². The minimum absolute atomic E-state index is 0.258. The van der Waals surface area contributed by atoms with Crippen molar-refractivity contribution in [2.24, 2.45) is 0 Å². The van der Waals surface area contributed by atoms with Crippen LogP contribution in [0, 0.1) is 6.92 Å². The molecule has 0 unspecified atom stereocenters. The largest absolute Gasteiger partial charge is 0.241 e. The van der Waals surface area contributed by atoms with E-state index in [9.17, 15) is 8.42 Å². The highest BCUT2D eigenvalue weighted by Crippen LogP contribution is 2.19. The molecule has 0 saturated heterocycles. The molecule has 0 fully saturated rings. The lowest BCUT2D eigenvalue weighted by molar-refractivity contribution is 0.566. The Morgan fingerprint density at radius 1 is 0.947 bits per heavy atom. The van der Waals surface area contributed by atoms with E-state index in [1.54, 1.807) is 30.3 Å². The highest BCUT2D eigenvalue weighted by Gasteiger charge is 2.18. The van der Waals surface area contributed by atoms with Crippen molar-refractivity contribution >= 4 is 10.0 Å². The third kappa shape index (κ3) is 3.22. The second-order valence-electron chi connectivity index (χ2n) is 4.51. The second-order valence-corrected chi connectivity index (χ2v) is 6.23. The first-order chi connectivity index (χ1) is 9.00. The third-order valence-corrected chi connectivity index (χ3v) is 4.60. The van der Waals surface area contributed by atoms with Crippen molar-refractivity contribution in [3.05, 3.63) is 65.7 Å². The van der Waals surface area contributed by atoms with Gasteiger partial charge in [-0.2, -0.15) is 0 Å². The molecule has 19 heavy (non-hydrogen) atoms. The van der Waals surface area contributed by atoms with Crippen LogP contribution in [0.15, 0.2) is 59.5 Å². The summed E-state index contributed by atoms with van der Waals surface area (Å²) < 4.78 is 27.1. The molecule has 0 saturated carbocycles. The summed E-state index contributed by atoms with van der Waals surface area (Å²) in [7, 11) is -3.47. The van der Waals surface area contributed by atoms with E-state index >= 15 is 0 Å². The monoisotopic (exact) mass is 275 g/mol. The maximum Gasteiger partial charge on any atom is 0.241 e. The van der Waals surface area contributed by atoms with Crippen molar-refractivity contribution < 1.29 is 8.42 Å². The smallest absolute Gasteiger partial charge is 0.207 e. The van der Waals surface area contributed by atoms with E-state index in [1.807, 2.05) is 38.1 Å². The topological polar surface area (TPSA) is 46.2 Å². The average Bonchev–Trinajstić information content (AvgIpc) is 2.39. The summed E-state index contributed by atoms with van der Waals surface area (Å²) in [6.45, 7) is 3.82. The molecular formula is C15H17NO2S. The van der Waals surface area contributed by atoms with Gasteiger partial charge in [0.05, 0.1) is 4.90 Å². The van der Waals surface area contributed by atoms with Crippen LogP contribution in [-0.2, 0) is 10.0 Å². The average molecular weight is 275 g/mol. The maximum absolute atomic E-state index is 12.2. The van der Waals surface area contributed by atoms with Gasteiger partial charge in [-0.3, -0.25) is 0 Å². The molecule has 0 aromatic heterocycles. The maximum atomic E-state index is 12.2. The van der Waals surface area contributed by atoms with Crippen LogP contribution in [0.5, 0.6) is 0 Å². The molecule has 1 atom stereocenters. The Bertz CT molecular complexity index is 651. The van der Waals surface area contributed by atoms with Gasteiger partial charge in [-0.15, -0.1) is 0 Å². The molecule has 0 spiro atoms. The number of benzene rings is 2. The zero-order valence-electron chi connectivity index (χ0n) is 11.0. The number of aryl methyl sites for hydroxylation is 1. The van der Waals surface area contributed by atoms with Crippen LogP contribution in [0.4, 0.5) is 0 Å². The van der Waals surface area contributed by atoms with Gasteiger partial charge in [0.15, 0.2) is 0 Å². The van der Waals surface area contributed by atoms with Crippen LogP contribution in [-0.4, -0.2) is 8.42 Å². The predicted molar refractivity (Wildman–Crippen MR) is 76.4 cm³/mol. The van der Waals surface area contributed by atoms with E-state index in [0.717, 1.165) is 11.1 Å². The highest BCUT2D eigenvalue weighted by molar-refractivity contribution is 7.89. The predicted octanol–water partition coefficient (Wildman–Crippen LogP) is 3.03. The Hall–Kier alpha value is -1.65. The lowest BCUT2D eigenvalue weighted by atomic mass is 10.0. The van der Waals surface area contributed by atoms with Crippen LogP contribution >= 0.6 is 0 Å². The Morgan fingerprint density at radius 2 is 1.53 bits per heavy atom. The van der Waals surface area contributed by atoms with Crippen molar-refractivity contribution in [3.63, 3.8) is 0 Å². The Labute approximate surface area is 114 Å². The third-order valence-electron chi connectivity index (χ3n) is 3.04. The molecule has 3 nitrogen and oxygen atoms in total. The molecule has 0 amide bonds. The fraction of sp³-hybridized carbons (Fsp3) is 0.200. The van der Waals surface area contributed by atoms with Crippen LogP contribution in [0.3, 0.4) is 0 Å². The lowest BCUT2D eigenvalue weighted by Gasteiger charge is -2.16. The molecule has 2 aromatic carbocycles. The first kappa shape index (κ1) is 13.8. The normalized spacial score (nSPS) is 13.2. The van der Waals surface area contributed by atoms with Gasteiger partial charge >= 0.3 is 0 Å². The number of sulfonamides is 1. The molecule has 100 valence electrons. The van der Waals surface area contributed by atoms with E-state index in [0.29, 0.717) is 0 Å². The zero-order valence-corrected chi connectivity index (χ0v) is 11.8. The summed E-state index contributed by atoms with van der Waals surface area (Å²) in [4.78, 5) is 0.287. The number of rotatable bonds is 4. The molecule has 2 rings (SSSR count). The number of hydrogen-bond acceptors (Lipinski definition) is 2. The van der Waals surface area contributed by atoms with Crippen LogP contribution in [0.2, 0.25) is 0 Å². The molecule has 4 heteroatoms. The SMILES string of the molecule is Cc1ccccc1[C@H](C)NS(=O)(=O)c1ccccc1. The fourth-order valence-corrected chi connectivity index (χ4v) is 3.28. The van der Waals surface area contributed by atoms with Gasteiger partial charge in [0.2, 0.25) is 10.0 Å². The van der Waals surface area contributed by atoms with Crippen molar-refractivity contribution in [1.29, 1.82) is 0 Å². The van der Waals surface area contributed by atoms with Crippen LogP contribution in [0.1, 0.15) is 24.1 Å². The van der Waals surface area contributed by atoms with Gasteiger partial charge in [0.1, 0.15) is 0 Å². The van der Waals surface area contributed by atoms with Crippen LogP contribution in [0.25, 0.3) is 0 Å². The van der Waals surface area contributed by atoms with Crippen molar-refractivity contribution in [2.75, 3.05) is 0 Å². The zero-order chi connectivity index (χ0) is 13.9. The molecular weight excluding hydrogens is 258 g/mol. The molecule has 1 N–H and O–H groups in total. The minimum Gasteiger partial charge on any atom is -0.207 e. The first-order valence-corrected chi connectivity index (χ1v) is 7.62. The molecule has 0 heterocycles. The highest BCUT2D eigenvalue weighted by atomic mass is 32.2. The minimum atomic E-state index is -3.47. The molecule has 0 aliphatic rings. The Kier molecular flexibility index (Phi) is 4.02. The molecule has 0 bridgehead atoms. The van der Waals surface area contributed by atoms with Gasteiger partial charge < -0.3 is 0 Å². The summed E-state index contributed by atoms with van der Waals surface area (Å²) in [6, 6.07) is 15.9. The summed E-state index contributed by atoms with van der Waals surface area (Å²) in [5.41, 5.74) is 2.06. The van der Waals surface area contributed by atoms with Crippen molar-refractivity contribution in [3.8, 4) is 0 Å². The summed E-state index contributed by atoms with van der Waals surface area (Å²) in [5, 5.41) is 0. The molecule has 2 aromatic rings. The Morgan fingerprint density at radius 3 is 2.16 bits per heavy atom. The van der Waals surface area contributed by atoms with E-state index in [2.05, 4.69) is 4.72 Å². The molecule has 0 aliphatic heterocycles. The summed E-state index contributed by atoms with van der Waals surface area (Å²) in [6.07, 6.45) is 0. The van der Waals surface area contributed by atoms with Gasteiger partial charge in [-0.05, 0) is 37.1 Å². The van der Waals surface area contributed by atoms with E-state index in [1.165, 1.54) is 0 Å². The van der Waals surface area contributed by atoms with Crippen molar-refractivity contribution in [2.45, 2.75) is 24.8 Å². The van der Waals surface area contributed by atoms with E-state index < -0.39 is 10.0 Å². The molecule has 0 aliphatic carbocycles. The quantitative estimate of drug-likeness (QED) is 0.932. The fourth-order valence-electron chi connectivity index (χ4n) is 2.04. The molecule has 0 radical (unpaired) electrons. The first-order valence-electron chi connectivity index (χ1n) is 6.13. The Balaban J connectivity index is 2.24. The number of hydrogen-bond donors (Lipinski definition) is 1. The van der Waals surface area contributed by atoms with Gasteiger partial charge in [-0.1, -0.05) is 42.5 Å². The standard InChI is InChI=1S/C15H17NO2S/c1-12-8-6-7-11-15(12)13(2)16-19(17,18)14-9-4-3-5-10-14/h3-11,13,16H,1-2H3/t13-/m0/s1. The summed E-state index contributed by atoms with van der Waals surface area (Å²) >= 11 is 0.